The molecule has 0 fully saturated rings. The fourth-order valence-corrected chi connectivity index (χ4v) is 3.19. The number of fused-ring (bicyclic) bond motifs is 1. The van der Waals surface area contributed by atoms with Gasteiger partial charge in [0, 0.05) is 23.1 Å². The van der Waals surface area contributed by atoms with E-state index >= 15 is 0 Å². The maximum absolute atomic E-state index is 13.5. The Morgan fingerprint density at radius 2 is 1.89 bits per heavy atom. The van der Waals surface area contributed by atoms with Gasteiger partial charge in [-0.1, -0.05) is 6.07 Å². The summed E-state index contributed by atoms with van der Waals surface area (Å²) in [6, 6.07) is 10.3. The second-order valence-electron chi connectivity index (χ2n) is 6.38. The molecular weight excluding hydrogens is 347 g/mol. The number of carbonyl (C=O) groups excluding carboxylic acids is 1. The molecule has 0 atom stereocenters. The van der Waals surface area contributed by atoms with Crippen molar-refractivity contribution in [2.24, 2.45) is 0 Å². The van der Waals surface area contributed by atoms with E-state index in [9.17, 15) is 9.18 Å². The lowest BCUT2D eigenvalue weighted by atomic mass is 10.1. The highest BCUT2D eigenvalue weighted by atomic mass is 19.1. The molecule has 3 aromatic rings. The molecule has 0 bridgehead atoms. The first-order chi connectivity index (χ1) is 13.0. The predicted octanol–water partition coefficient (Wildman–Crippen LogP) is 3.53. The van der Waals surface area contributed by atoms with Crippen LogP contribution < -0.4 is 14.8 Å². The second kappa shape index (κ2) is 8.12. The first-order valence-corrected chi connectivity index (χ1v) is 8.76. The molecule has 0 spiro atoms. The Morgan fingerprint density at radius 3 is 2.63 bits per heavy atom. The van der Waals surface area contributed by atoms with Gasteiger partial charge < -0.3 is 19.8 Å². The van der Waals surface area contributed by atoms with Crippen molar-refractivity contribution in [3.63, 3.8) is 0 Å². The Morgan fingerprint density at radius 1 is 1.11 bits per heavy atom. The number of ether oxygens (including phenoxy) is 2. The number of amides is 1. The number of aryl methyl sites for hydroxylation is 1. The summed E-state index contributed by atoms with van der Waals surface area (Å²) in [7, 11) is 3.19. The van der Waals surface area contributed by atoms with E-state index in [0.717, 1.165) is 27.7 Å². The standard InChI is InChI=1S/C21H23FN2O3/c1-13-16(17-11-15(22)5-6-18(17)24-13)12-21(25)23-9-8-14-4-7-19(26-2)20(10-14)27-3/h4-7,10-11,24H,8-9,12H2,1-3H3,(H,23,25). The van der Waals surface area contributed by atoms with E-state index in [-0.39, 0.29) is 18.1 Å². The van der Waals surface area contributed by atoms with Crippen LogP contribution >= 0.6 is 0 Å². The summed E-state index contributed by atoms with van der Waals surface area (Å²) in [5.41, 5.74) is 3.58. The molecule has 5 nitrogen and oxygen atoms in total. The topological polar surface area (TPSA) is 63.3 Å². The monoisotopic (exact) mass is 370 g/mol. The summed E-state index contributed by atoms with van der Waals surface area (Å²) < 4.78 is 24.1. The molecule has 2 aromatic carbocycles. The van der Waals surface area contributed by atoms with Gasteiger partial charge in [0.05, 0.1) is 20.6 Å². The molecule has 0 aliphatic rings. The molecule has 0 aliphatic carbocycles. The molecule has 6 heteroatoms. The zero-order valence-electron chi connectivity index (χ0n) is 15.7. The molecule has 1 aromatic heterocycles. The Balaban J connectivity index is 1.61. The number of carbonyl (C=O) groups is 1. The number of nitrogens with one attached hydrogen (secondary N) is 2. The van der Waals surface area contributed by atoms with Crippen molar-refractivity contribution < 1.29 is 18.7 Å². The molecule has 1 amide bonds. The number of methoxy groups -OCH3 is 2. The minimum atomic E-state index is -0.309. The Labute approximate surface area is 157 Å². The number of halogens is 1. The fourth-order valence-electron chi connectivity index (χ4n) is 3.19. The van der Waals surface area contributed by atoms with Crippen molar-refractivity contribution in [3.8, 4) is 11.5 Å². The van der Waals surface area contributed by atoms with Crippen LogP contribution in [-0.2, 0) is 17.6 Å². The zero-order valence-corrected chi connectivity index (χ0v) is 15.7. The number of benzene rings is 2. The van der Waals surface area contributed by atoms with Crippen LogP contribution in [0.5, 0.6) is 11.5 Å². The molecular formula is C21H23FN2O3. The van der Waals surface area contributed by atoms with Crippen LogP contribution in [0.3, 0.4) is 0 Å². The Hall–Kier alpha value is -3.02. The summed E-state index contributed by atoms with van der Waals surface area (Å²) in [6.45, 7) is 2.40. The average Bonchev–Trinajstić information content (AvgIpc) is 2.96. The van der Waals surface area contributed by atoms with Gasteiger partial charge in [-0.2, -0.15) is 0 Å². The van der Waals surface area contributed by atoms with Crippen molar-refractivity contribution in [3.05, 3.63) is 59.0 Å². The van der Waals surface area contributed by atoms with Gasteiger partial charge in [-0.3, -0.25) is 4.79 Å². The van der Waals surface area contributed by atoms with Gasteiger partial charge in [-0.25, -0.2) is 4.39 Å². The largest absolute Gasteiger partial charge is 0.493 e. The van der Waals surface area contributed by atoms with Crippen LogP contribution in [0.1, 0.15) is 16.8 Å². The lowest BCUT2D eigenvalue weighted by molar-refractivity contribution is -0.120. The Bertz CT molecular complexity index is 965. The lowest BCUT2D eigenvalue weighted by Gasteiger charge is -2.10. The third-order valence-corrected chi connectivity index (χ3v) is 4.60. The van der Waals surface area contributed by atoms with Gasteiger partial charge in [0.2, 0.25) is 5.91 Å². The molecule has 0 saturated heterocycles. The molecule has 27 heavy (non-hydrogen) atoms. The lowest BCUT2D eigenvalue weighted by Crippen LogP contribution is -2.27. The smallest absolute Gasteiger partial charge is 0.224 e. The van der Waals surface area contributed by atoms with E-state index in [1.807, 2.05) is 25.1 Å². The first kappa shape index (κ1) is 18.8. The maximum Gasteiger partial charge on any atom is 0.224 e. The predicted molar refractivity (Wildman–Crippen MR) is 103 cm³/mol. The van der Waals surface area contributed by atoms with E-state index in [2.05, 4.69) is 10.3 Å². The van der Waals surface area contributed by atoms with Gasteiger partial charge in [0.15, 0.2) is 11.5 Å². The SMILES string of the molecule is COc1ccc(CCNC(=O)Cc2c(C)[nH]c3ccc(F)cc23)cc1OC. The summed E-state index contributed by atoms with van der Waals surface area (Å²) in [5.74, 6) is 0.936. The number of aromatic amines is 1. The minimum Gasteiger partial charge on any atom is -0.493 e. The highest BCUT2D eigenvalue weighted by molar-refractivity contribution is 5.90. The van der Waals surface area contributed by atoms with Crippen LogP contribution in [0, 0.1) is 12.7 Å². The molecule has 0 aliphatic heterocycles. The van der Waals surface area contributed by atoms with Crippen LogP contribution in [0.25, 0.3) is 10.9 Å². The number of hydrogen-bond acceptors (Lipinski definition) is 3. The number of aromatic nitrogens is 1. The average molecular weight is 370 g/mol. The quantitative estimate of drug-likeness (QED) is 0.669. The first-order valence-electron chi connectivity index (χ1n) is 8.76. The zero-order chi connectivity index (χ0) is 19.4. The van der Waals surface area contributed by atoms with Gasteiger partial charge in [-0.05, 0) is 54.8 Å². The van der Waals surface area contributed by atoms with E-state index in [4.69, 9.17) is 9.47 Å². The minimum absolute atomic E-state index is 0.0938. The second-order valence-corrected chi connectivity index (χ2v) is 6.38. The van der Waals surface area contributed by atoms with Gasteiger partial charge in [0.25, 0.3) is 0 Å². The summed E-state index contributed by atoms with van der Waals surface area (Å²) >= 11 is 0. The number of rotatable bonds is 7. The van der Waals surface area contributed by atoms with E-state index in [1.165, 1.54) is 12.1 Å². The number of H-pyrrole nitrogens is 1. The number of hydrogen-bond donors (Lipinski definition) is 2. The Kier molecular flexibility index (Phi) is 5.64. The van der Waals surface area contributed by atoms with E-state index in [1.54, 1.807) is 20.3 Å². The highest BCUT2D eigenvalue weighted by Gasteiger charge is 2.13. The normalized spacial score (nSPS) is 10.8. The van der Waals surface area contributed by atoms with Crippen LogP contribution in [0.4, 0.5) is 4.39 Å². The van der Waals surface area contributed by atoms with E-state index in [0.29, 0.717) is 24.5 Å². The molecule has 0 saturated carbocycles. The molecule has 142 valence electrons. The molecule has 0 radical (unpaired) electrons. The molecule has 1 heterocycles. The van der Waals surface area contributed by atoms with Gasteiger partial charge in [-0.15, -0.1) is 0 Å². The van der Waals surface area contributed by atoms with Crippen LogP contribution in [-0.4, -0.2) is 31.7 Å². The summed E-state index contributed by atoms with van der Waals surface area (Å²) in [4.78, 5) is 15.5. The summed E-state index contributed by atoms with van der Waals surface area (Å²) in [5, 5.41) is 3.68. The van der Waals surface area contributed by atoms with Crippen molar-refractivity contribution >= 4 is 16.8 Å². The third-order valence-electron chi connectivity index (χ3n) is 4.60. The fraction of sp³-hybridized carbons (Fsp3) is 0.286. The van der Waals surface area contributed by atoms with Crippen molar-refractivity contribution in [1.29, 1.82) is 0 Å². The van der Waals surface area contributed by atoms with Crippen molar-refractivity contribution in [1.82, 2.24) is 10.3 Å². The maximum atomic E-state index is 13.5. The van der Waals surface area contributed by atoms with E-state index < -0.39 is 0 Å². The van der Waals surface area contributed by atoms with Crippen LogP contribution in [0.15, 0.2) is 36.4 Å². The highest BCUT2D eigenvalue weighted by Crippen LogP contribution is 2.27. The van der Waals surface area contributed by atoms with Crippen molar-refractivity contribution in [2.75, 3.05) is 20.8 Å². The van der Waals surface area contributed by atoms with Gasteiger partial charge in [0.1, 0.15) is 5.82 Å². The summed E-state index contributed by atoms with van der Waals surface area (Å²) in [6.07, 6.45) is 0.884. The molecule has 0 unspecified atom stereocenters. The van der Waals surface area contributed by atoms with Gasteiger partial charge >= 0.3 is 0 Å². The van der Waals surface area contributed by atoms with Crippen molar-refractivity contribution in [2.45, 2.75) is 19.8 Å². The molecule has 2 N–H and O–H groups in total. The van der Waals surface area contributed by atoms with Crippen LogP contribution in [0.2, 0.25) is 0 Å². The molecule has 3 rings (SSSR count). The third kappa shape index (κ3) is 4.22.